The summed E-state index contributed by atoms with van der Waals surface area (Å²) in [6.45, 7) is 5.54. The van der Waals surface area contributed by atoms with Crippen LogP contribution in [0.15, 0.2) is 23.1 Å². The van der Waals surface area contributed by atoms with Crippen LogP contribution in [-0.2, 0) is 19.6 Å². The second kappa shape index (κ2) is 9.03. The number of rotatable bonds is 9. The average Bonchev–Trinajstić information content (AvgIpc) is 3.45. The van der Waals surface area contributed by atoms with Gasteiger partial charge in [0.15, 0.2) is 6.61 Å². The standard InChI is InChI=1S/C18H25ClN2O5S/c1-4-21(5-2)27(24,25)14-8-9-16(19)15(10-14)18(23)26-11-17(22)20-12(3)13-6-7-13/h8-10,12-13H,4-7,11H2,1-3H3,(H,20,22)/t12-/m1/s1. The smallest absolute Gasteiger partial charge is 0.340 e. The first-order valence-electron chi connectivity index (χ1n) is 8.96. The van der Waals surface area contributed by atoms with E-state index in [0.717, 1.165) is 12.8 Å². The maximum Gasteiger partial charge on any atom is 0.340 e. The van der Waals surface area contributed by atoms with Crippen LogP contribution in [0.3, 0.4) is 0 Å². The van der Waals surface area contributed by atoms with Gasteiger partial charge >= 0.3 is 5.97 Å². The van der Waals surface area contributed by atoms with Gasteiger partial charge in [0, 0.05) is 19.1 Å². The van der Waals surface area contributed by atoms with Gasteiger partial charge in [0.25, 0.3) is 5.91 Å². The third-order valence-electron chi connectivity index (χ3n) is 4.55. The zero-order valence-corrected chi connectivity index (χ0v) is 17.3. The largest absolute Gasteiger partial charge is 0.452 e. The minimum atomic E-state index is -3.74. The highest BCUT2D eigenvalue weighted by atomic mass is 35.5. The van der Waals surface area contributed by atoms with E-state index in [4.69, 9.17) is 16.3 Å². The van der Waals surface area contributed by atoms with Crippen molar-refractivity contribution < 1.29 is 22.7 Å². The van der Waals surface area contributed by atoms with E-state index in [1.165, 1.54) is 22.5 Å². The summed E-state index contributed by atoms with van der Waals surface area (Å²) in [4.78, 5) is 24.1. The predicted octanol–water partition coefficient (Wildman–Crippen LogP) is 2.44. The average molecular weight is 417 g/mol. The van der Waals surface area contributed by atoms with Gasteiger partial charge in [-0.2, -0.15) is 4.31 Å². The first kappa shape index (κ1) is 21.7. The zero-order valence-electron chi connectivity index (χ0n) is 15.7. The highest BCUT2D eigenvalue weighted by molar-refractivity contribution is 7.89. The van der Waals surface area contributed by atoms with Crippen molar-refractivity contribution in [3.63, 3.8) is 0 Å². The third-order valence-corrected chi connectivity index (χ3v) is 6.93. The molecule has 2 rings (SSSR count). The molecule has 1 saturated carbocycles. The van der Waals surface area contributed by atoms with Crippen LogP contribution in [0.5, 0.6) is 0 Å². The number of hydrogen-bond donors (Lipinski definition) is 1. The SMILES string of the molecule is CCN(CC)S(=O)(=O)c1ccc(Cl)c(C(=O)OCC(=O)N[C@H](C)C2CC2)c1. The van der Waals surface area contributed by atoms with E-state index < -0.39 is 28.5 Å². The monoisotopic (exact) mass is 416 g/mol. The van der Waals surface area contributed by atoms with Gasteiger partial charge in [0.1, 0.15) is 0 Å². The fourth-order valence-corrected chi connectivity index (χ4v) is 4.43. The van der Waals surface area contributed by atoms with Crippen LogP contribution in [0, 0.1) is 5.92 Å². The number of nitrogens with one attached hydrogen (secondary N) is 1. The number of hydrogen-bond acceptors (Lipinski definition) is 5. The van der Waals surface area contributed by atoms with Crippen LogP contribution < -0.4 is 5.32 Å². The molecule has 0 spiro atoms. The Kier molecular flexibility index (Phi) is 7.25. The van der Waals surface area contributed by atoms with Crippen LogP contribution in [0.4, 0.5) is 0 Å². The quantitative estimate of drug-likeness (QED) is 0.624. The molecule has 1 aliphatic rings. The first-order chi connectivity index (χ1) is 12.7. The van der Waals surface area contributed by atoms with Crippen molar-refractivity contribution in [2.24, 2.45) is 5.92 Å². The van der Waals surface area contributed by atoms with E-state index in [-0.39, 0.29) is 21.5 Å². The summed E-state index contributed by atoms with van der Waals surface area (Å²) in [5, 5.41) is 2.84. The lowest BCUT2D eigenvalue weighted by atomic mass is 10.2. The molecular weight excluding hydrogens is 392 g/mol. The number of ether oxygens (including phenoxy) is 1. The van der Waals surface area contributed by atoms with Crippen molar-refractivity contribution in [2.45, 2.75) is 44.6 Å². The fourth-order valence-electron chi connectivity index (χ4n) is 2.75. The van der Waals surface area contributed by atoms with E-state index >= 15 is 0 Å². The van der Waals surface area contributed by atoms with E-state index in [0.29, 0.717) is 19.0 Å². The second-order valence-electron chi connectivity index (χ2n) is 6.50. The summed E-state index contributed by atoms with van der Waals surface area (Å²) in [5.41, 5.74) is -0.0899. The molecule has 1 fully saturated rings. The Labute approximate surface area is 165 Å². The van der Waals surface area contributed by atoms with Gasteiger partial charge in [0.05, 0.1) is 15.5 Å². The minimum absolute atomic E-state index is 0.0438. The minimum Gasteiger partial charge on any atom is -0.452 e. The van der Waals surface area contributed by atoms with Crippen molar-refractivity contribution in [1.29, 1.82) is 0 Å². The Morgan fingerprint density at radius 2 is 1.93 bits per heavy atom. The summed E-state index contributed by atoms with van der Waals surface area (Å²) in [6.07, 6.45) is 2.18. The number of carbonyl (C=O) groups is 2. The molecule has 1 aromatic carbocycles. The summed E-state index contributed by atoms with van der Waals surface area (Å²) >= 11 is 6.03. The van der Waals surface area contributed by atoms with Gasteiger partial charge in [-0.15, -0.1) is 0 Å². The van der Waals surface area contributed by atoms with Crippen LogP contribution in [-0.4, -0.2) is 50.3 Å². The molecule has 9 heteroatoms. The second-order valence-corrected chi connectivity index (χ2v) is 8.85. The van der Waals surface area contributed by atoms with Crippen molar-refractivity contribution >= 4 is 33.5 Å². The van der Waals surface area contributed by atoms with E-state index in [9.17, 15) is 18.0 Å². The van der Waals surface area contributed by atoms with Crippen LogP contribution in [0.25, 0.3) is 0 Å². The molecule has 1 aliphatic carbocycles. The molecule has 1 N–H and O–H groups in total. The molecule has 7 nitrogen and oxygen atoms in total. The zero-order chi connectivity index (χ0) is 20.2. The molecule has 1 amide bonds. The number of benzene rings is 1. The molecule has 0 aliphatic heterocycles. The fraction of sp³-hybridized carbons (Fsp3) is 0.556. The molecule has 0 unspecified atom stereocenters. The lowest BCUT2D eigenvalue weighted by molar-refractivity contribution is -0.124. The van der Waals surface area contributed by atoms with Gasteiger partial charge < -0.3 is 10.1 Å². The van der Waals surface area contributed by atoms with Crippen molar-refractivity contribution in [3.05, 3.63) is 28.8 Å². The molecule has 1 aromatic rings. The highest BCUT2D eigenvalue weighted by Gasteiger charge is 2.29. The summed E-state index contributed by atoms with van der Waals surface area (Å²) in [5.74, 6) is -0.752. The molecular formula is C18H25ClN2O5S. The lowest BCUT2D eigenvalue weighted by Crippen LogP contribution is -2.37. The molecule has 27 heavy (non-hydrogen) atoms. The maximum atomic E-state index is 12.6. The normalized spacial score (nSPS) is 15.4. The Morgan fingerprint density at radius 3 is 2.48 bits per heavy atom. The molecule has 0 aromatic heterocycles. The van der Waals surface area contributed by atoms with Gasteiger partial charge in [0.2, 0.25) is 10.0 Å². The summed E-state index contributed by atoms with van der Waals surface area (Å²) in [7, 11) is -3.74. The number of amides is 1. The number of esters is 1. The van der Waals surface area contributed by atoms with Crippen molar-refractivity contribution in [2.75, 3.05) is 19.7 Å². The molecule has 150 valence electrons. The Morgan fingerprint density at radius 1 is 1.30 bits per heavy atom. The summed E-state index contributed by atoms with van der Waals surface area (Å²) in [6, 6.07) is 3.91. The lowest BCUT2D eigenvalue weighted by Gasteiger charge is -2.19. The predicted molar refractivity (Wildman–Crippen MR) is 102 cm³/mol. The summed E-state index contributed by atoms with van der Waals surface area (Å²) < 4.78 is 31.5. The number of carbonyl (C=O) groups excluding carboxylic acids is 2. The third kappa shape index (κ3) is 5.43. The van der Waals surface area contributed by atoms with Crippen LogP contribution in [0.1, 0.15) is 44.0 Å². The van der Waals surface area contributed by atoms with E-state index in [2.05, 4.69) is 5.32 Å². The van der Waals surface area contributed by atoms with Gasteiger partial charge in [-0.1, -0.05) is 25.4 Å². The molecule has 0 radical (unpaired) electrons. The van der Waals surface area contributed by atoms with Gasteiger partial charge in [-0.3, -0.25) is 4.79 Å². The van der Waals surface area contributed by atoms with Gasteiger partial charge in [-0.25, -0.2) is 13.2 Å². The van der Waals surface area contributed by atoms with Crippen LogP contribution >= 0.6 is 11.6 Å². The van der Waals surface area contributed by atoms with E-state index in [1.807, 2.05) is 6.92 Å². The molecule has 0 saturated heterocycles. The number of sulfonamides is 1. The maximum absolute atomic E-state index is 12.6. The molecule has 1 atom stereocenters. The molecule has 0 heterocycles. The van der Waals surface area contributed by atoms with Crippen LogP contribution in [0.2, 0.25) is 5.02 Å². The number of nitrogens with zero attached hydrogens (tertiary/aromatic N) is 1. The van der Waals surface area contributed by atoms with Gasteiger partial charge in [-0.05, 0) is 43.9 Å². The van der Waals surface area contributed by atoms with E-state index in [1.54, 1.807) is 13.8 Å². The van der Waals surface area contributed by atoms with Crippen molar-refractivity contribution in [1.82, 2.24) is 9.62 Å². The Bertz CT molecular complexity index is 804. The Hall–Kier alpha value is -1.64. The number of halogens is 1. The topological polar surface area (TPSA) is 92.8 Å². The molecule has 0 bridgehead atoms. The highest BCUT2D eigenvalue weighted by Crippen LogP contribution is 2.32. The van der Waals surface area contributed by atoms with Crippen molar-refractivity contribution in [3.8, 4) is 0 Å². The first-order valence-corrected chi connectivity index (χ1v) is 10.8. The Balaban J connectivity index is 2.08.